The summed E-state index contributed by atoms with van der Waals surface area (Å²) in [6.07, 6.45) is 3.86. The molecule has 7 heteroatoms. The number of nitrogens with zero attached hydrogens (tertiary/aromatic N) is 2. The first-order valence-electron chi connectivity index (χ1n) is 7.18. The fraction of sp³-hybridized carbons (Fsp3) is 0.571. The summed E-state index contributed by atoms with van der Waals surface area (Å²) >= 11 is 5.97. The topological polar surface area (TPSA) is 80.5 Å². The predicted molar refractivity (Wildman–Crippen MR) is 80.3 cm³/mol. The number of hydrogen-bond acceptors (Lipinski definition) is 5. The van der Waals surface area contributed by atoms with Crippen LogP contribution >= 0.6 is 11.6 Å². The van der Waals surface area contributed by atoms with Crippen molar-refractivity contribution in [3.8, 4) is 0 Å². The normalized spacial score (nSPS) is 25.6. The van der Waals surface area contributed by atoms with Crippen LogP contribution in [0.5, 0.6) is 0 Å². The molecule has 1 aromatic rings. The number of nitrogens with two attached hydrogens (primary N) is 1. The molecule has 0 aromatic carbocycles. The van der Waals surface area contributed by atoms with Gasteiger partial charge in [-0.25, -0.2) is 4.98 Å². The first-order valence-corrected chi connectivity index (χ1v) is 7.56. The lowest BCUT2D eigenvalue weighted by Gasteiger charge is -2.35. The lowest BCUT2D eigenvalue weighted by Crippen LogP contribution is -2.50. The smallest absolute Gasteiger partial charge is 0.253 e. The Morgan fingerprint density at radius 1 is 1.62 bits per heavy atom. The summed E-state index contributed by atoms with van der Waals surface area (Å²) in [6, 6.07) is 2.04. The van der Waals surface area contributed by atoms with Gasteiger partial charge in [-0.2, -0.15) is 0 Å². The highest BCUT2D eigenvalue weighted by molar-refractivity contribution is 6.33. The lowest BCUT2D eigenvalue weighted by molar-refractivity contribution is -0.0461. The molecule has 1 aromatic heterocycles. The molecule has 0 radical (unpaired) electrons. The van der Waals surface area contributed by atoms with Crippen molar-refractivity contribution in [2.45, 2.75) is 25.0 Å². The maximum Gasteiger partial charge on any atom is 0.253 e. The minimum atomic E-state index is -0.249. The van der Waals surface area contributed by atoms with Gasteiger partial charge in [0.05, 0.1) is 23.3 Å². The third-order valence-corrected chi connectivity index (χ3v) is 4.37. The fourth-order valence-electron chi connectivity index (χ4n) is 2.94. The van der Waals surface area contributed by atoms with E-state index in [9.17, 15) is 4.79 Å². The van der Waals surface area contributed by atoms with Crippen molar-refractivity contribution in [3.05, 3.63) is 22.8 Å². The molecule has 0 spiro atoms. The van der Waals surface area contributed by atoms with Crippen molar-refractivity contribution >= 4 is 23.3 Å². The molecule has 0 bridgehead atoms. The highest BCUT2D eigenvalue weighted by Gasteiger charge is 2.32. The molecule has 3 N–H and O–H groups in total. The Hall–Kier alpha value is -1.37. The van der Waals surface area contributed by atoms with Gasteiger partial charge in [0.2, 0.25) is 0 Å². The third kappa shape index (κ3) is 3.28. The summed E-state index contributed by atoms with van der Waals surface area (Å²) in [6.45, 7) is 3.23. The zero-order valence-electron chi connectivity index (χ0n) is 11.7. The van der Waals surface area contributed by atoms with Gasteiger partial charge in [0.25, 0.3) is 5.91 Å². The maximum absolute atomic E-state index is 12.1. The molecule has 21 heavy (non-hydrogen) atoms. The van der Waals surface area contributed by atoms with E-state index >= 15 is 0 Å². The second-order valence-corrected chi connectivity index (χ2v) is 5.95. The van der Waals surface area contributed by atoms with E-state index in [1.54, 1.807) is 0 Å². The molecular formula is C14H19ClN4O2. The van der Waals surface area contributed by atoms with E-state index in [1.807, 2.05) is 0 Å². The van der Waals surface area contributed by atoms with Crippen molar-refractivity contribution in [2.75, 3.05) is 32.0 Å². The number of halogens is 1. The monoisotopic (exact) mass is 310 g/mol. The van der Waals surface area contributed by atoms with Gasteiger partial charge in [0.1, 0.15) is 5.82 Å². The van der Waals surface area contributed by atoms with E-state index in [0.717, 1.165) is 19.7 Å². The molecule has 2 unspecified atom stereocenters. The van der Waals surface area contributed by atoms with Crippen molar-refractivity contribution in [3.63, 3.8) is 0 Å². The van der Waals surface area contributed by atoms with Crippen LogP contribution in [0.2, 0.25) is 5.02 Å². The Morgan fingerprint density at radius 2 is 2.48 bits per heavy atom. The first-order chi connectivity index (χ1) is 10.1. The van der Waals surface area contributed by atoms with Crippen LogP contribution < -0.4 is 11.1 Å². The third-order valence-electron chi connectivity index (χ3n) is 4.07. The van der Waals surface area contributed by atoms with Crippen LogP contribution in [0.25, 0.3) is 0 Å². The maximum atomic E-state index is 12.1. The second-order valence-electron chi connectivity index (χ2n) is 5.55. The molecule has 2 saturated heterocycles. The molecule has 2 aliphatic rings. The molecular weight excluding hydrogens is 292 g/mol. The van der Waals surface area contributed by atoms with E-state index < -0.39 is 0 Å². The van der Waals surface area contributed by atoms with E-state index in [-0.39, 0.29) is 17.8 Å². The summed E-state index contributed by atoms with van der Waals surface area (Å²) in [7, 11) is 0. The number of carbonyl (C=O) groups excluding carboxylic acids is 1. The Balaban J connectivity index is 1.55. The van der Waals surface area contributed by atoms with Gasteiger partial charge in [-0.3, -0.25) is 9.69 Å². The molecule has 0 saturated carbocycles. The molecule has 2 aliphatic heterocycles. The zero-order valence-corrected chi connectivity index (χ0v) is 12.5. The molecule has 6 nitrogen and oxygen atoms in total. The lowest BCUT2D eigenvalue weighted by atomic mass is 10.2. The van der Waals surface area contributed by atoms with Gasteiger partial charge in [-0.1, -0.05) is 11.6 Å². The Labute approximate surface area is 128 Å². The number of ether oxygens (including phenoxy) is 1. The highest BCUT2D eigenvalue weighted by Crippen LogP contribution is 2.22. The van der Waals surface area contributed by atoms with Gasteiger partial charge in [0.15, 0.2) is 0 Å². The van der Waals surface area contributed by atoms with Crippen LogP contribution in [-0.2, 0) is 4.74 Å². The first kappa shape index (κ1) is 14.6. The predicted octanol–water partition coefficient (Wildman–Crippen LogP) is 0.910. The zero-order chi connectivity index (χ0) is 14.8. The largest absolute Gasteiger partial charge is 0.384 e. The minimum Gasteiger partial charge on any atom is -0.384 e. The molecule has 1 amide bonds. The van der Waals surface area contributed by atoms with E-state index in [4.69, 9.17) is 22.1 Å². The average molecular weight is 311 g/mol. The fourth-order valence-corrected chi connectivity index (χ4v) is 3.13. The van der Waals surface area contributed by atoms with Crippen LogP contribution in [-0.4, -0.2) is 54.2 Å². The quantitative estimate of drug-likeness (QED) is 0.867. The van der Waals surface area contributed by atoms with Gasteiger partial charge >= 0.3 is 0 Å². The van der Waals surface area contributed by atoms with Gasteiger partial charge in [-0.05, 0) is 25.5 Å². The molecule has 0 aliphatic carbocycles. The number of amides is 1. The van der Waals surface area contributed by atoms with Crippen LogP contribution in [0, 0.1) is 0 Å². The van der Waals surface area contributed by atoms with Crippen LogP contribution in [0.3, 0.4) is 0 Å². The summed E-state index contributed by atoms with van der Waals surface area (Å²) in [5.41, 5.74) is 5.93. The molecule has 3 heterocycles. The van der Waals surface area contributed by atoms with E-state index in [0.29, 0.717) is 23.2 Å². The number of hydrogen-bond donors (Lipinski definition) is 2. The standard InChI is InChI=1S/C14H19ClN4O2/c15-12-6-17-13(16)4-11(12)14(20)18-5-10-7-19-3-1-2-9(19)8-21-10/h4,6,9-10H,1-3,5,7-8H2,(H2,16,17)(H,18,20). The van der Waals surface area contributed by atoms with Gasteiger partial charge in [0, 0.05) is 25.3 Å². The number of pyridine rings is 1. The van der Waals surface area contributed by atoms with Crippen LogP contribution in [0.1, 0.15) is 23.2 Å². The number of nitrogen functional groups attached to an aromatic ring is 1. The van der Waals surface area contributed by atoms with Gasteiger partial charge < -0.3 is 15.8 Å². The van der Waals surface area contributed by atoms with Crippen molar-refractivity contribution in [1.29, 1.82) is 0 Å². The number of anilines is 1. The second kappa shape index (κ2) is 6.17. The van der Waals surface area contributed by atoms with Crippen molar-refractivity contribution < 1.29 is 9.53 Å². The summed E-state index contributed by atoms with van der Waals surface area (Å²) in [4.78, 5) is 18.4. The molecule has 3 rings (SSSR count). The Morgan fingerprint density at radius 3 is 3.33 bits per heavy atom. The molecule has 2 fully saturated rings. The van der Waals surface area contributed by atoms with Crippen LogP contribution in [0.4, 0.5) is 5.82 Å². The summed E-state index contributed by atoms with van der Waals surface area (Å²) in [5.74, 6) is 0.0274. The van der Waals surface area contributed by atoms with Crippen molar-refractivity contribution in [1.82, 2.24) is 15.2 Å². The highest BCUT2D eigenvalue weighted by atomic mass is 35.5. The van der Waals surface area contributed by atoms with Gasteiger partial charge in [-0.15, -0.1) is 0 Å². The van der Waals surface area contributed by atoms with Crippen molar-refractivity contribution in [2.24, 2.45) is 0 Å². The summed E-state index contributed by atoms with van der Waals surface area (Å²) < 4.78 is 5.81. The minimum absolute atomic E-state index is 0.0289. The Kier molecular flexibility index (Phi) is 4.28. The molecule has 2 atom stereocenters. The summed E-state index contributed by atoms with van der Waals surface area (Å²) in [5, 5.41) is 3.16. The number of aromatic nitrogens is 1. The Bertz CT molecular complexity index is 540. The van der Waals surface area contributed by atoms with Crippen LogP contribution in [0.15, 0.2) is 12.3 Å². The average Bonchev–Trinajstić information content (AvgIpc) is 2.94. The molecule has 114 valence electrons. The number of morpholine rings is 1. The van der Waals surface area contributed by atoms with E-state index in [2.05, 4.69) is 15.2 Å². The van der Waals surface area contributed by atoms with E-state index in [1.165, 1.54) is 25.1 Å². The number of fused-ring (bicyclic) bond motifs is 1. The number of carbonyl (C=O) groups is 1. The number of rotatable bonds is 3. The SMILES string of the molecule is Nc1cc(C(=O)NCC2CN3CCCC3CO2)c(Cl)cn1. The number of nitrogens with one attached hydrogen (secondary N) is 1.